The summed E-state index contributed by atoms with van der Waals surface area (Å²) in [5, 5.41) is 6.02. The van der Waals surface area contributed by atoms with Crippen molar-refractivity contribution in [3.05, 3.63) is 53.6 Å². The van der Waals surface area contributed by atoms with Gasteiger partial charge >= 0.3 is 6.61 Å². The number of halogens is 2. The fourth-order valence-corrected chi connectivity index (χ4v) is 2.54. The molecule has 0 spiro atoms. The second-order valence-corrected chi connectivity index (χ2v) is 5.11. The van der Waals surface area contributed by atoms with Gasteiger partial charge in [0.15, 0.2) is 11.5 Å². The van der Waals surface area contributed by atoms with E-state index in [1.165, 1.54) is 6.07 Å². The van der Waals surface area contributed by atoms with Crippen molar-refractivity contribution in [1.82, 2.24) is 5.32 Å². The Morgan fingerprint density at radius 1 is 1.12 bits per heavy atom. The number of hydrogen-bond acceptors (Lipinski definition) is 4. The van der Waals surface area contributed by atoms with Gasteiger partial charge in [0, 0.05) is 5.69 Å². The zero-order valence-electron chi connectivity index (χ0n) is 12.9. The molecule has 1 aliphatic rings. The zero-order valence-corrected chi connectivity index (χ0v) is 12.9. The van der Waals surface area contributed by atoms with E-state index in [2.05, 4.69) is 15.4 Å². The van der Waals surface area contributed by atoms with Gasteiger partial charge in [-0.2, -0.15) is 8.78 Å². The molecule has 0 saturated carbocycles. The van der Waals surface area contributed by atoms with Gasteiger partial charge in [-0.05, 0) is 36.8 Å². The van der Waals surface area contributed by atoms with Crippen molar-refractivity contribution >= 4 is 11.6 Å². The lowest BCUT2D eigenvalue weighted by Gasteiger charge is -2.28. The molecular weight excluding hydrogens is 318 g/mol. The van der Waals surface area contributed by atoms with E-state index in [0.29, 0.717) is 23.4 Å². The van der Waals surface area contributed by atoms with E-state index in [4.69, 9.17) is 4.74 Å². The molecule has 5 nitrogen and oxygen atoms in total. The summed E-state index contributed by atoms with van der Waals surface area (Å²) in [4.78, 5) is 12.2. The van der Waals surface area contributed by atoms with E-state index in [9.17, 15) is 13.6 Å². The lowest BCUT2D eigenvalue weighted by Crippen LogP contribution is -2.38. The highest BCUT2D eigenvalue weighted by Crippen LogP contribution is 2.33. The second-order valence-electron chi connectivity index (χ2n) is 5.11. The standard InChI is InChI=1S/C17H16F2N2O3/c1-2-23-14-9-10(7-8-13(14)24-17(18)19)15-20-12-6-4-3-5-11(12)16(22)21-15/h3-9,15,17,20H,2H2,1H3,(H,21,22). The van der Waals surface area contributed by atoms with Gasteiger partial charge in [0.05, 0.1) is 12.2 Å². The quantitative estimate of drug-likeness (QED) is 0.878. The van der Waals surface area contributed by atoms with Crippen LogP contribution in [0.4, 0.5) is 14.5 Å². The van der Waals surface area contributed by atoms with Crippen LogP contribution in [0.5, 0.6) is 11.5 Å². The third-order valence-electron chi connectivity index (χ3n) is 3.56. The number of para-hydroxylation sites is 1. The van der Waals surface area contributed by atoms with Crippen molar-refractivity contribution in [2.24, 2.45) is 0 Å². The summed E-state index contributed by atoms with van der Waals surface area (Å²) in [6, 6.07) is 11.7. The fourth-order valence-electron chi connectivity index (χ4n) is 2.54. The predicted molar refractivity (Wildman–Crippen MR) is 84.5 cm³/mol. The normalized spacial score (nSPS) is 16.2. The molecule has 2 aromatic carbocycles. The number of rotatable bonds is 5. The number of anilines is 1. The first-order valence-corrected chi connectivity index (χ1v) is 7.46. The first-order valence-electron chi connectivity index (χ1n) is 7.46. The molecule has 24 heavy (non-hydrogen) atoms. The van der Waals surface area contributed by atoms with Gasteiger partial charge in [0.2, 0.25) is 0 Å². The van der Waals surface area contributed by atoms with Crippen LogP contribution in [-0.2, 0) is 0 Å². The van der Waals surface area contributed by atoms with E-state index in [-0.39, 0.29) is 17.4 Å². The summed E-state index contributed by atoms with van der Waals surface area (Å²) in [5.74, 6) is -0.0523. The maximum Gasteiger partial charge on any atom is 0.387 e. The van der Waals surface area contributed by atoms with Crippen molar-refractivity contribution in [2.45, 2.75) is 19.7 Å². The third-order valence-corrected chi connectivity index (χ3v) is 3.56. The molecule has 2 aromatic rings. The van der Waals surface area contributed by atoms with Gasteiger partial charge in [0.25, 0.3) is 5.91 Å². The van der Waals surface area contributed by atoms with Crippen molar-refractivity contribution in [3.8, 4) is 11.5 Å². The van der Waals surface area contributed by atoms with E-state index >= 15 is 0 Å². The molecule has 1 heterocycles. The molecule has 7 heteroatoms. The van der Waals surface area contributed by atoms with Crippen molar-refractivity contribution < 1.29 is 23.0 Å². The van der Waals surface area contributed by atoms with Crippen LogP contribution in [0.15, 0.2) is 42.5 Å². The maximum atomic E-state index is 12.5. The maximum absolute atomic E-state index is 12.5. The van der Waals surface area contributed by atoms with E-state index in [1.807, 2.05) is 6.07 Å². The summed E-state index contributed by atoms with van der Waals surface area (Å²) in [5.41, 5.74) is 1.93. The van der Waals surface area contributed by atoms with Gasteiger partial charge in [-0.15, -0.1) is 0 Å². The van der Waals surface area contributed by atoms with E-state index < -0.39 is 12.8 Å². The molecule has 1 unspecified atom stereocenters. The molecule has 3 rings (SSSR count). The summed E-state index contributed by atoms with van der Waals surface area (Å²) in [6.07, 6.45) is -0.493. The van der Waals surface area contributed by atoms with Gasteiger partial charge in [-0.25, -0.2) is 0 Å². The molecule has 1 aliphatic heterocycles. The Bertz CT molecular complexity index is 752. The molecule has 2 N–H and O–H groups in total. The number of benzene rings is 2. The van der Waals surface area contributed by atoms with Gasteiger partial charge in [0.1, 0.15) is 6.17 Å². The number of carbonyl (C=O) groups is 1. The Kier molecular flexibility index (Phi) is 4.50. The Morgan fingerprint density at radius 3 is 2.67 bits per heavy atom. The average Bonchev–Trinajstić information content (AvgIpc) is 2.56. The monoisotopic (exact) mass is 334 g/mol. The Labute approximate surface area is 137 Å². The number of ether oxygens (including phenoxy) is 2. The summed E-state index contributed by atoms with van der Waals surface area (Å²) in [7, 11) is 0. The van der Waals surface area contributed by atoms with Crippen molar-refractivity contribution in [1.29, 1.82) is 0 Å². The lowest BCUT2D eigenvalue weighted by atomic mass is 10.1. The molecule has 0 aromatic heterocycles. The largest absolute Gasteiger partial charge is 0.490 e. The molecule has 1 amide bonds. The molecular formula is C17H16F2N2O3. The van der Waals surface area contributed by atoms with Crippen LogP contribution in [0.25, 0.3) is 0 Å². The number of fused-ring (bicyclic) bond motifs is 1. The Balaban J connectivity index is 1.90. The smallest absolute Gasteiger partial charge is 0.387 e. The topological polar surface area (TPSA) is 59.6 Å². The first kappa shape index (κ1) is 16.0. The summed E-state index contributed by atoms with van der Waals surface area (Å²) in [6.45, 7) is -0.888. The molecule has 1 atom stereocenters. The van der Waals surface area contributed by atoms with Crippen LogP contribution in [0, 0.1) is 0 Å². The van der Waals surface area contributed by atoms with Crippen LogP contribution in [0.3, 0.4) is 0 Å². The zero-order chi connectivity index (χ0) is 17.1. The lowest BCUT2D eigenvalue weighted by molar-refractivity contribution is -0.0514. The van der Waals surface area contributed by atoms with Gasteiger partial charge in [-0.3, -0.25) is 4.79 Å². The van der Waals surface area contributed by atoms with Crippen LogP contribution in [0.1, 0.15) is 29.0 Å². The molecule has 126 valence electrons. The third kappa shape index (κ3) is 3.24. The van der Waals surface area contributed by atoms with Crippen molar-refractivity contribution in [2.75, 3.05) is 11.9 Å². The summed E-state index contributed by atoms with van der Waals surface area (Å²) >= 11 is 0. The van der Waals surface area contributed by atoms with E-state index in [1.54, 1.807) is 37.3 Å². The highest BCUT2D eigenvalue weighted by molar-refractivity contribution is 6.01. The summed E-state index contributed by atoms with van der Waals surface area (Å²) < 4.78 is 34.7. The fraction of sp³-hybridized carbons (Fsp3) is 0.235. The molecule has 0 radical (unpaired) electrons. The SMILES string of the molecule is CCOc1cc(C2NC(=O)c3ccccc3N2)ccc1OC(F)F. The molecule has 0 fully saturated rings. The van der Waals surface area contributed by atoms with Gasteiger partial charge < -0.3 is 20.1 Å². The van der Waals surface area contributed by atoms with Crippen LogP contribution >= 0.6 is 0 Å². The highest BCUT2D eigenvalue weighted by atomic mass is 19.3. The van der Waals surface area contributed by atoms with Crippen LogP contribution < -0.4 is 20.1 Å². The van der Waals surface area contributed by atoms with E-state index in [0.717, 1.165) is 0 Å². The number of alkyl halides is 2. The second kappa shape index (κ2) is 6.74. The minimum absolute atomic E-state index is 0.0434. The van der Waals surface area contributed by atoms with Crippen LogP contribution in [-0.4, -0.2) is 19.1 Å². The average molecular weight is 334 g/mol. The molecule has 0 saturated heterocycles. The Hall–Kier alpha value is -2.83. The Morgan fingerprint density at radius 2 is 1.92 bits per heavy atom. The number of nitrogens with one attached hydrogen (secondary N) is 2. The first-order chi connectivity index (χ1) is 11.6. The van der Waals surface area contributed by atoms with Crippen LogP contribution in [0.2, 0.25) is 0 Å². The minimum atomic E-state index is -2.94. The molecule has 0 aliphatic carbocycles. The highest BCUT2D eigenvalue weighted by Gasteiger charge is 2.25. The number of amides is 1. The minimum Gasteiger partial charge on any atom is -0.490 e. The number of hydrogen-bond donors (Lipinski definition) is 2. The number of carbonyl (C=O) groups excluding carboxylic acids is 1. The van der Waals surface area contributed by atoms with Gasteiger partial charge in [-0.1, -0.05) is 18.2 Å². The van der Waals surface area contributed by atoms with Crippen molar-refractivity contribution in [3.63, 3.8) is 0 Å². The molecule has 0 bridgehead atoms. The predicted octanol–water partition coefficient (Wildman–Crippen LogP) is 3.54.